The molecule has 2 aromatic carbocycles. The van der Waals surface area contributed by atoms with Crippen molar-refractivity contribution in [2.75, 3.05) is 31.6 Å². The average molecular weight is 496 g/mol. The molecule has 162 valence electrons. The molecule has 3 rings (SSSR count). The number of anilines is 1. The van der Waals surface area contributed by atoms with Gasteiger partial charge in [0.15, 0.2) is 0 Å². The molecule has 0 aromatic heterocycles. The molecule has 2 aromatic rings. The predicted molar refractivity (Wildman–Crippen MR) is 125 cm³/mol. The predicted octanol–water partition coefficient (Wildman–Crippen LogP) is 4.80. The molecule has 1 saturated heterocycles. The minimum Gasteiger partial charge on any atom is -0.465 e. The number of esters is 1. The number of amides is 1. The van der Waals surface area contributed by atoms with Crippen molar-refractivity contribution in [1.29, 1.82) is 0 Å². The number of hydrogen-bond acceptors (Lipinski definition) is 4. The quantitative estimate of drug-likeness (QED) is 0.561. The number of ether oxygens (including phenoxy) is 1. The van der Waals surface area contributed by atoms with Crippen LogP contribution in [0.25, 0.3) is 0 Å². The maximum atomic E-state index is 12.8. The number of likely N-dealkylation sites (tertiary alicyclic amines) is 1. The maximum absolute atomic E-state index is 12.8. The normalized spacial score (nSPS) is 15.7. The second-order valence-electron chi connectivity index (χ2n) is 7.32. The van der Waals surface area contributed by atoms with Gasteiger partial charge in [-0.15, -0.1) is 12.4 Å². The third kappa shape index (κ3) is 6.06. The van der Waals surface area contributed by atoms with Gasteiger partial charge in [-0.2, -0.15) is 0 Å². The van der Waals surface area contributed by atoms with Gasteiger partial charge in [-0.25, -0.2) is 0 Å². The molecule has 5 nitrogen and oxygen atoms in total. The molecule has 0 bridgehead atoms. The van der Waals surface area contributed by atoms with Crippen molar-refractivity contribution < 1.29 is 14.3 Å². The molecule has 1 fully saturated rings. The highest BCUT2D eigenvalue weighted by atomic mass is 79.9. The van der Waals surface area contributed by atoms with Crippen molar-refractivity contribution in [2.45, 2.75) is 31.6 Å². The third-order valence-corrected chi connectivity index (χ3v) is 5.96. The molecule has 1 amide bonds. The molecule has 30 heavy (non-hydrogen) atoms. The molecule has 1 aliphatic heterocycles. The Morgan fingerprint density at radius 3 is 2.43 bits per heavy atom. The molecule has 0 radical (unpaired) electrons. The van der Waals surface area contributed by atoms with E-state index in [4.69, 9.17) is 4.74 Å². The number of nitrogens with zero attached hydrogens (tertiary/aromatic N) is 1. The van der Waals surface area contributed by atoms with E-state index in [0.29, 0.717) is 32.4 Å². The largest absolute Gasteiger partial charge is 0.465 e. The van der Waals surface area contributed by atoms with Gasteiger partial charge in [0.25, 0.3) is 0 Å². The lowest BCUT2D eigenvalue weighted by atomic mass is 9.72. The Balaban J connectivity index is 0.00000320. The maximum Gasteiger partial charge on any atom is 0.316 e. The molecule has 1 aliphatic rings. The Kier molecular flexibility index (Phi) is 9.34. The molecule has 1 heterocycles. The number of nitrogens with one attached hydrogen (secondary N) is 1. The fraction of sp³-hybridized carbons (Fsp3) is 0.391. The molecule has 1 N–H and O–H groups in total. The zero-order valence-electron chi connectivity index (χ0n) is 17.1. The fourth-order valence-electron chi connectivity index (χ4n) is 3.84. The van der Waals surface area contributed by atoms with Crippen molar-refractivity contribution in [3.8, 4) is 0 Å². The van der Waals surface area contributed by atoms with Crippen LogP contribution in [0, 0.1) is 0 Å². The average Bonchev–Trinajstić information content (AvgIpc) is 2.73. The van der Waals surface area contributed by atoms with Gasteiger partial charge in [-0.05, 0) is 56.6 Å². The molecule has 0 aliphatic carbocycles. The van der Waals surface area contributed by atoms with Crippen LogP contribution in [0.15, 0.2) is 59.1 Å². The summed E-state index contributed by atoms with van der Waals surface area (Å²) in [7, 11) is 0. The van der Waals surface area contributed by atoms with Gasteiger partial charge in [-0.3, -0.25) is 9.59 Å². The van der Waals surface area contributed by atoms with Crippen LogP contribution in [0.2, 0.25) is 0 Å². The van der Waals surface area contributed by atoms with Crippen molar-refractivity contribution in [1.82, 2.24) is 4.90 Å². The molecular weight excluding hydrogens is 468 g/mol. The Bertz CT molecular complexity index is 839. The number of piperidine rings is 1. The van der Waals surface area contributed by atoms with Crippen LogP contribution in [0.1, 0.15) is 31.7 Å². The van der Waals surface area contributed by atoms with E-state index < -0.39 is 5.41 Å². The van der Waals surface area contributed by atoms with Gasteiger partial charge in [-0.1, -0.05) is 52.3 Å². The van der Waals surface area contributed by atoms with Gasteiger partial charge >= 0.3 is 5.97 Å². The zero-order chi connectivity index (χ0) is 20.7. The highest BCUT2D eigenvalue weighted by Crippen LogP contribution is 2.37. The molecule has 0 atom stereocenters. The lowest BCUT2D eigenvalue weighted by Gasteiger charge is -2.40. The first-order chi connectivity index (χ1) is 14.0. The number of halogens is 2. The van der Waals surface area contributed by atoms with Crippen LogP contribution >= 0.6 is 28.3 Å². The van der Waals surface area contributed by atoms with Crippen molar-refractivity contribution in [2.24, 2.45) is 0 Å². The van der Waals surface area contributed by atoms with Crippen LogP contribution in [0.4, 0.5) is 5.69 Å². The number of hydrogen-bond donors (Lipinski definition) is 1. The summed E-state index contributed by atoms with van der Waals surface area (Å²) >= 11 is 3.41. The highest BCUT2D eigenvalue weighted by Gasteiger charge is 2.44. The minimum atomic E-state index is -0.591. The van der Waals surface area contributed by atoms with Crippen molar-refractivity contribution >= 4 is 45.9 Å². The van der Waals surface area contributed by atoms with Crippen LogP contribution in [0.5, 0.6) is 0 Å². The topological polar surface area (TPSA) is 58.6 Å². The summed E-state index contributed by atoms with van der Waals surface area (Å²) in [5, 5.41) is 2.93. The van der Waals surface area contributed by atoms with Crippen LogP contribution < -0.4 is 5.32 Å². The Hall–Kier alpha value is -1.89. The van der Waals surface area contributed by atoms with Crippen molar-refractivity contribution in [3.63, 3.8) is 0 Å². The van der Waals surface area contributed by atoms with Gasteiger partial charge in [0, 0.05) is 23.1 Å². The number of benzene rings is 2. The van der Waals surface area contributed by atoms with E-state index in [9.17, 15) is 9.59 Å². The smallest absolute Gasteiger partial charge is 0.316 e. The summed E-state index contributed by atoms with van der Waals surface area (Å²) in [4.78, 5) is 27.3. The Morgan fingerprint density at radius 1 is 1.10 bits per heavy atom. The molecule has 7 heteroatoms. The van der Waals surface area contributed by atoms with E-state index >= 15 is 0 Å². The van der Waals surface area contributed by atoms with E-state index in [1.807, 2.05) is 61.5 Å². The first-order valence-corrected chi connectivity index (χ1v) is 10.8. The summed E-state index contributed by atoms with van der Waals surface area (Å²) in [6.07, 6.45) is 1.82. The van der Waals surface area contributed by atoms with Gasteiger partial charge in [0.2, 0.25) is 5.91 Å². The van der Waals surface area contributed by atoms with Gasteiger partial charge in [0.1, 0.15) is 0 Å². The molecule has 0 spiro atoms. The van der Waals surface area contributed by atoms with E-state index in [1.54, 1.807) is 0 Å². The van der Waals surface area contributed by atoms with Gasteiger partial charge in [0.05, 0.1) is 12.0 Å². The lowest BCUT2D eigenvalue weighted by Crippen LogP contribution is -2.48. The molecule has 0 saturated carbocycles. The summed E-state index contributed by atoms with van der Waals surface area (Å²) in [6.45, 7) is 4.42. The summed E-state index contributed by atoms with van der Waals surface area (Å²) in [5.41, 5.74) is 1.21. The summed E-state index contributed by atoms with van der Waals surface area (Å²) < 4.78 is 6.36. The standard InChI is InChI=1S/C23H27BrN2O3.ClH/c1-2-29-22(28)23(18-7-4-3-5-8-18)12-15-26(16-13-23)14-11-21(27)25-20-10-6-9-19(24)17-20;/h3-10,17H,2,11-16H2,1H3,(H,25,27);1H. The third-order valence-electron chi connectivity index (χ3n) is 5.47. The number of carbonyl (C=O) groups is 2. The minimum absolute atomic E-state index is 0. The first-order valence-electron chi connectivity index (χ1n) is 10.0. The van der Waals surface area contributed by atoms with E-state index in [2.05, 4.69) is 26.1 Å². The summed E-state index contributed by atoms with van der Waals surface area (Å²) in [5.74, 6) is -0.147. The highest BCUT2D eigenvalue weighted by molar-refractivity contribution is 9.10. The fourth-order valence-corrected chi connectivity index (χ4v) is 4.24. The summed E-state index contributed by atoms with van der Waals surface area (Å²) in [6, 6.07) is 17.5. The monoisotopic (exact) mass is 494 g/mol. The van der Waals surface area contributed by atoms with Crippen LogP contribution in [0.3, 0.4) is 0 Å². The zero-order valence-corrected chi connectivity index (χ0v) is 19.5. The second-order valence-corrected chi connectivity index (χ2v) is 8.23. The van der Waals surface area contributed by atoms with Crippen LogP contribution in [-0.2, 0) is 19.7 Å². The molecule has 0 unspecified atom stereocenters. The van der Waals surface area contributed by atoms with Gasteiger partial charge < -0.3 is 15.0 Å². The Labute approximate surface area is 192 Å². The Morgan fingerprint density at radius 2 is 1.80 bits per heavy atom. The van der Waals surface area contributed by atoms with E-state index in [0.717, 1.165) is 28.8 Å². The number of carbonyl (C=O) groups excluding carboxylic acids is 2. The van der Waals surface area contributed by atoms with Crippen molar-refractivity contribution in [3.05, 3.63) is 64.6 Å². The number of rotatable bonds is 7. The molecular formula is C23H28BrClN2O3. The van der Waals surface area contributed by atoms with E-state index in [-0.39, 0.29) is 24.3 Å². The van der Waals surface area contributed by atoms with Crippen LogP contribution in [-0.4, -0.2) is 43.0 Å². The first kappa shape index (κ1) is 24.4. The lowest BCUT2D eigenvalue weighted by molar-refractivity contribution is -0.152. The second kappa shape index (κ2) is 11.5. The van der Waals surface area contributed by atoms with E-state index in [1.165, 1.54) is 0 Å². The SMILES string of the molecule is CCOC(=O)C1(c2ccccc2)CCN(CCC(=O)Nc2cccc(Br)c2)CC1.Cl.